The Morgan fingerprint density at radius 3 is 2.51 bits per heavy atom. The van der Waals surface area contributed by atoms with Crippen LogP contribution in [0.5, 0.6) is 0 Å². The number of carbonyl (C=O) groups is 2. The fourth-order valence-electron chi connectivity index (χ4n) is 3.42. The summed E-state index contributed by atoms with van der Waals surface area (Å²) in [6.07, 6.45) is 0. The van der Waals surface area contributed by atoms with Crippen molar-refractivity contribution in [2.75, 3.05) is 17.7 Å². The van der Waals surface area contributed by atoms with Crippen molar-refractivity contribution in [3.05, 3.63) is 86.9 Å². The molecular weight excluding hydrogens is 518 g/mol. The Hall–Kier alpha value is -3.17. The first-order chi connectivity index (χ1) is 16.3. The zero-order chi connectivity index (χ0) is 24.4. The van der Waals surface area contributed by atoms with Gasteiger partial charge in [-0.15, -0.1) is 12.4 Å². The molecule has 0 aliphatic rings. The Morgan fingerprint density at radius 2 is 1.77 bits per heavy atom. The number of rotatable bonds is 6. The van der Waals surface area contributed by atoms with Gasteiger partial charge in [0.1, 0.15) is 23.8 Å². The number of carbonyl (C=O) groups excluding carboxylic acids is 2. The number of nitrogens with zero attached hydrogens (tertiary/aromatic N) is 1. The van der Waals surface area contributed by atoms with Crippen molar-refractivity contribution in [2.45, 2.75) is 13.5 Å². The minimum absolute atomic E-state index is 0. The molecule has 3 aromatic carbocycles. The van der Waals surface area contributed by atoms with Crippen LogP contribution in [-0.4, -0.2) is 28.9 Å². The largest absolute Gasteiger partial charge is 0.377 e. The van der Waals surface area contributed by atoms with Crippen molar-refractivity contribution in [1.29, 1.82) is 0 Å². The Balaban J connectivity index is 0.00000342. The number of fused-ring (bicyclic) bond motifs is 1. The maximum absolute atomic E-state index is 13.6. The zero-order valence-electron chi connectivity index (χ0n) is 18.5. The van der Waals surface area contributed by atoms with Crippen LogP contribution >= 0.6 is 35.6 Å². The molecule has 0 fully saturated rings. The summed E-state index contributed by atoms with van der Waals surface area (Å²) in [4.78, 5) is 33.5. The smallest absolute Gasteiger partial charge is 0.258 e. The van der Waals surface area contributed by atoms with Gasteiger partial charge in [0.15, 0.2) is 0 Å². The summed E-state index contributed by atoms with van der Waals surface area (Å²) in [5.74, 6) is -1.18. The van der Waals surface area contributed by atoms with Gasteiger partial charge in [-0.25, -0.2) is 9.37 Å². The quantitative estimate of drug-likeness (QED) is 0.265. The summed E-state index contributed by atoms with van der Waals surface area (Å²) in [5, 5.41) is 6.11. The number of nitrogens with one attached hydrogen (secondary N) is 3. The normalized spacial score (nSPS) is 10.7. The Morgan fingerprint density at radius 1 is 1.03 bits per heavy atom. The molecule has 3 N–H and O–H groups in total. The Kier molecular flexibility index (Phi) is 8.34. The van der Waals surface area contributed by atoms with Gasteiger partial charge in [0, 0.05) is 23.5 Å². The summed E-state index contributed by atoms with van der Waals surface area (Å²) in [5.41, 5.74) is 2.61. The number of ether oxygens (including phenoxy) is 1. The third kappa shape index (κ3) is 5.74. The first kappa shape index (κ1) is 26.4. The third-order valence-corrected chi connectivity index (χ3v) is 5.85. The molecule has 0 aliphatic carbocycles. The van der Waals surface area contributed by atoms with E-state index in [-0.39, 0.29) is 35.2 Å². The molecular formula is C24H20Cl3FN4O3. The number of aromatic nitrogens is 2. The zero-order valence-corrected chi connectivity index (χ0v) is 20.9. The number of benzene rings is 3. The predicted octanol–water partition coefficient (Wildman–Crippen LogP) is 6.39. The monoisotopic (exact) mass is 536 g/mol. The second kappa shape index (κ2) is 11.0. The van der Waals surface area contributed by atoms with E-state index in [1.54, 1.807) is 31.2 Å². The SMILES string of the molecule is COCc1nc2c(C(=O)Nc3cccc(Cl)c3C)cc(NC(=O)c3cc(F)ccc3Cl)cc2[nH]1.Cl. The lowest BCUT2D eigenvalue weighted by atomic mass is 10.1. The molecule has 0 saturated carbocycles. The van der Waals surface area contributed by atoms with Gasteiger partial charge in [-0.1, -0.05) is 29.3 Å². The number of methoxy groups -OCH3 is 1. The fourth-order valence-corrected chi connectivity index (χ4v) is 3.80. The lowest BCUT2D eigenvalue weighted by molar-refractivity contribution is 0.101. The molecule has 4 aromatic rings. The highest BCUT2D eigenvalue weighted by Gasteiger charge is 2.19. The number of H-pyrrole nitrogens is 1. The molecule has 11 heteroatoms. The maximum Gasteiger partial charge on any atom is 0.258 e. The average Bonchev–Trinajstić information content (AvgIpc) is 3.20. The van der Waals surface area contributed by atoms with Crippen molar-refractivity contribution < 1.29 is 18.7 Å². The number of hydrogen-bond donors (Lipinski definition) is 3. The molecule has 0 radical (unpaired) electrons. The number of imidazole rings is 1. The highest BCUT2D eigenvalue weighted by Crippen LogP contribution is 2.27. The van der Waals surface area contributed by atoms with Crippen molar-refractivity contribution in [3.8, 4) is 0 Å². The van der Waals surface area contributed by atoms with Crippen LogP contribution in [-0.2, 0) is 11.3 Å². The number of halogens is 4. The number of hydrogen-bond acceptors (Lipinski definition) is 4. The van der Waals surface area contributed by atoms with Gasteiger partial charge in [0.05, 0.1) is 21.7 Å². The van der Waals surface area contributed by atoms with E-state index >= 15 is 0 Å². The van der Waals surface area contributed by atoms with E-state index in [0.29, 0.717) is 38.8 Å². The molecule has 35 heavy (non-hydrogen) atoms. The number of amides is 2. The second-order valence-corrected chi connectivity index (χ2v) is 8.30. The van der Waals surface area contributed by atoms with Gasteiger partial charge < -0.3 is 20.4 Å². The van der Waals surface area contributed by atoms with E-state index in [1.807, 2.05) is 0 Å². The summed E-state index contributed by atoms with van der Waals surface area (Å²) >= 11 is 12.2. The molecule has 0 bridgehead atoms. The van der Waals surface area contributed by atoms with Crippen LogP contribution < -0.4 is 10.6 Å². The Labute approximate surface area is 216 Å². The molecule has 4 rings (SSSR count). The van der Waals surface area contributed by atoms with Crippen LogP contribution in [0.1, 0.15) is 32.1 Å². The standard InChI is InChI=1S/C24H19Cl2FN4O3.ClH/c1-12-17(25)4-3-5-19(12)30-24(33)16-9-14(10-20-22(16)31-21(29-20)11-34-2)28-23(32)15-8-13(27)6-7-18(15)26;/h3-10H,11H2,1-2H3,(H,28,32)(H,29,31)(H,30,33);1H. The first-order valence-corrected chi connectivity index (χ1v) is 10.9. The molecule has 0 atom stereocenters. The molecule has 7 nitrogen and oxygen atoms in total. The molecule has 0 aliphatic heterocycles. The fraction of sp³-hybridized carbons (Fsp3) is 0.125. The van der Waals surface area contributed by atoms with Gasteiger partial charge in [0.2, 0.25) is 0 Å². The van der Waals surface area contributed by atoms with Crippen molar-refractivity contribution in [2.24, 2.45) is 0 Å². The topological polar surface area (TPSA) is 96.1 Å². The molecule has 182 valence electrons. The van der Waals surface area contributed by atoms with Crippen molar-refractivity contribution in [3.63, 3.8) is 0 Å². The van der Waals surface area contributed by atoms with E-state index in [1.165, 1.54) is 19.2 Å². The van der Waals surface area contributed by atoms with Crippen LogP contribution in [0.3, 0.4) is 0 Å². The van der Waals surface area contributed by atoms with Gasteiger partial charge >= 0.3 is 0 Å². The van der Waals surface area contributed by atoms with E-state index in [2.05, 4.69) is 20.6 Å². The average molecular weight is 538 g/mol. The molecule has 0 unspecified atom stereocenters. The van der Waals surface area contributed by atoms with E-state index < -0.39 is 17.6 Å². The first-order valence-electron chi connectivity index (χ1n) is 10.1. The molecule has 0 saturated heterocycles. The molecule has 1 heterocycles. The van der Waals surface area contributed by atoms with Crippen LogP contribution in [0, 0.1) is 12.7 Å². The highest BCUT2D eigenvalue weighted by atomic mass is 35.5. The highest BCUT2D eigenvalue weighted by molar-refractivity contribution is 6.34. The predicted molar refractivity (Wildman–Crippen MR) is 138 cm³/mol. The molecule has 2 amide bonds. The lowest BCUT2D eigenvalue weighted by Crippen LogP contribution is -2.16. The number of anilines is 2. The molecule has 1 aromatic heterocycles. The summed E-state index contributed by atoms with van der Waals surface area (Å²) < 4.78 is 18.8. The van der Waals surface area contributed by atoms with E-state index in [0.717, 1.165) is 12.1 Å². The minimum atomic E-state index is -0.627. The summed E-state index contributed by atoms with van der Waals surface area (Å²) in [6.45, 7) is 1.99. The van der Waals surface area contributed by atoms with Crippen molar-refractivity contribution in [1.82, 2.24) is 9.97 Å². The maximum atomic E-state index is 13.6. The summed E-state index contributed by atoms with van der Waals surface area (Å²) in [6, 6.07) is 11.8. The van der Waals surface area contributed by atoms with Crippen molar-refractivity contribution >= 4 is 69.8 Å². The summed E-state index contributed by atoms with van der Waals surface area (Å²) in [7, 11) is 1.52. The third-order valence-electron chi connectivity index (χ3n) is 5.11. The lowest BCUT2D eigenvalue weighted by Gasteiger charge is -2.12. The van der Waals surface area contributed by atoms with Gasteiger partial charge in [0.25, 0.3) is 11.8 Å². The van der Waals surface area contributed by atoms with E-state index in [4.69, 9.17) is 27.9 Å². The van der Waals surface area contributed by atoms with Gasteiger partial charge in [-0.3, -0.25) is 9.59 Å². The van der Waals surface area contributed by atoms with Crippen LogP contribution in [0.2, 0.25) is 10.0 Å². The second-order valence-electron chi connectivity index (χ2n) is 7.48. The van der Waals surface area contributed by atoms with E-state index in [9.17, 15) is 14.0 Å². The van der Waals surface area contributed by atoms with Crippen LogP contribution in [0.15, 0.2) is 48.5 Å². The van der Waals surface area contributed by atoms with Crippen LogP contribution in [0.4, 0.5) is 15.8 Å². The van der Waals surface area contributed by atoms with Crippen LogP contribution in [0.25, 0.3) is 11.0 Å². The molecule has 0 spiro atoms. The minimum Gasteiger partial charge on any atom is -0.377 e. The number of aromatic amines is 1. The van der Waals surface area contributed by atoms with Gasteiger partial charge in [-0.05, 0) is 55.0 Å². The van der Waals surface area contributed by atoms with Gasteiger partial charge in [-0.2, -0.15) is 0 Å². The Bertz CT molecular complexity index is 1420.